The number of nitrogens with one attached hydrogen (secondary N) is 2. The Kier molecular flexibility index (Phi) is 4.27. The van der Waals surface area contributed by atoms with Crippen molar-refractivity contribution in [3.05, 3.63) is 63.4 Å². The summed E-state index contributed by atoms with van der Waals surface area (Å²) in [6.07, 6.45) is 3.72. The van der Waals surface area contributed by atoms with Gasteiger partial charge >= 0.3 is 0 Å². The Bertz CT molecular complexity index is 853. The number of aryl methyl sites for hydroxylation is 1. The van der Waals surface area contributed by atoms with Crippen LogP contribution in [0, 0.1) is 6.92 Å². The summed E-state index contributed by atoms with van der Waals surface area (Å²) in [5, 5.41) is 4.65. The van der Waals surface area contributed by atoms with Gasteiger partial charge in [-0.05, 0) is 13.0 Å². The third-order valence-electron chi connectivity index (χ3n) is 3.71. The van der Waals surface area contributed by atoms with Crippen LogP contribution in [0.15, 0.2) is 41.5 Å². The first-order chi connectivity index (χ1) is 10.7. The van der Waals surface area contributed by atoms with Gasteiger partial charge in [0.2, 0.25) is 0 Å². The number of para-hydroxylation sites is 1. The van der Waals surface area contributed by atoms with Crippen LogP contribution in [0.5, 0.6) is 0 Å². The van der Waals surface area contributed by atoms with Crippen LogP contribution < -0.4 is 10.9 Å². The fraction of sp³-hybridized carbons (Fsp3) is 0.250. The maximum Gasteiger partial charge on any atom is 0.254 e. The molecule has 0 saturated carbocycles. The molecule has 2 N–H and O–H groups in total. The summed E-state index contributed by atoms with van der Waals surface area (Å²) in [5.41, 5.74) is 1.19. The van der Waals surface area contributed by atoms with Crippen molar-refractivity contribution in [3.8, 4) is 0 Å². The van der Waals surface area contributed by atoms with Crippen molar-refractivity contribution >= 4 is 22.5 Å². The Labute approximate surface area is 133 Å². The zero-order chi connectivity index (χ0) is 15.5. The lowest BCUT2D eigenvalue weighted by atomic mass is 10.1. The molecule has 0 aliphatic heterocycles. The van der Waals surface area contributed by atoms with Crippen LogP contribution in [0.2, 0.25) is 5.02 Å². The molecule has 1 aromatic carbocycles. The first-order valence-electron chi connectivity index (χ1n) is 7.14. The summed E-state index contributed by atoms with van der Waals surface area (Å²) in [6.45, 7) is 3.94. The molecule has 2 aromatic heterocycles. The molecule has 0 unspecified atom stereocenters. The average Bonchev–Trinajstić information content (AvgIpc) is 2.91. The lowest BCUT2D eigenvalue weighted by Crippen LogP contribution is -2.24. The number of benzene rings is 1. The topological polar surface area (TPSA) is 62.7 Å². The van der Waals surface area contributed by atoms with E-state index in [1.54, 1.807) is 6.20 Å². The second-order valence-electron chi connectivity index (χ2n) is 5.14. The molecule has 0 amide bonds. The summed E-state index contributed by atoms with van der Waals surface area (Å²) in [6, 6.07) is 7.54. The number of aromatic amines is 1. The summed E-state index contributed by atoms with van der Waals surface area (Å²) in [5.74, 6) is 0.975. The van der Waals surface area contributed by atoms with E-state index in [2.05, 4.69) is 19.9 Å². The van der Waals surface area contributed by atoms with Crippen molar-refractivity contribution in [2.45, 2.75) is 20.0 Å². The van der Waals surface area contributed by atoms with Gasteiger partial charge in [-0.2, -0.15) is 0 Å². The van der Waals surface area contributed by atoms with Gasteiger partial charge in [0.05, 0.1) is 10.6 Å². The molecule has 0 aliphatic carbocycles. The molecule has 5 nitrogen and oxygen atoms in total. The number of aromatic nitrogens is 3. The van der Waals surface area contributed by atoms with Crippen molar-refractivity contribution in [2.75, 3.05) is 6.54 Å². The highest BCUT2D eigenvalue weighted by Crippen LogP contribution is 2.22. The summed E-state index contributed by atoms with van der Waals surface area (Å²) in [4.78, 5) is 19.2. The SMILES string of the molecule is Cc1nccn1CCNCc1c(Cl)c2ccccc2[nH]c1=O. The van der Waals surface area contributed by atoms with Gasteiger partial charge in [0.25, 0.3) is 5.56 Å². The van der Waals surface area contributed by atoms with Crippen LogP contribution in [-0.2, 0) is 13.1 Å². The van der Waals surface area contributed by atoms with E-state index in [1.807, 2.05) is 37.4 Å². The van der Waals surface area contributed by atoms with Crippen molar-refractivity contribution in [1.82, 2.24) is 19.9 Å². The van der Waals surface area contributed by atoms with E-state index < -0.39 is 0 Å². The van der Waals surface area contributed by atoms with E-state index in [1.165, 1.54) is 0 Å². The van der Waals surface area contributed by atoms with E-state index in [4.69, 9.17) is 11.6 Å². The molecule has 0 fully saturated rings. The summed E-state index contributed by atoms with van der Waals surface area (Å²) >= 11 is 6.38. The number of pyridine rings is 1. The number of hydrogen-bond donors (Lipinski definition) is 2. The van der Waals surface area contributed by atoms with E-state index >= 15 is 0 Å². The van der Waals surface area contributed by atoms with Crippen LogP contribution in [-0.4, -0.2) is 21.1 Å². The molecule has 0 saturated heterocycles. The molecule has 0 atom stereocenters. The highest BCUT2D eigenvalue weighted by Gasteiger charge is 2.10. The highest BCUT2D eigenvalue weighted by molar-refractivity contribution is 6.36. The second-order valence-corrected chi connectivity index (χ2v) is 5.51. The normalized spacial score (nSPS) is 11.2. The molecular weight excluding hydrogens is 300 g/mol. The predicted octanol–water partition coefficient (Wildman–Crippen LogP) is 2.48. The zero-order valence-electron chi connectivity index (χ0n) is 12.3. The van der Waals surface area contributed by atoms with E-state index in [-0.39, 0.29) is 5.56 Å². The van der Waals surface area contributed by atoms with Gasteiger partial charge in [0.15, 0.2) is 0 Å². The second kappa shape index (κ2) is 6.34. The number of fused-ring (bicyclic) bond motifs is 1. The average molecular weight is 317 g/mol. The molecule has 6 heteroatoms. The standard InChI is InChI=1S/C16H17ClN4O/c1-11-19-7-9-21(11)8-6-18-10-13-15(17)12-4-2-3-5-14(12)20-16(13)22/h2-5,7,9,18H,6,8,10H2,1H3,(H,20,22). The summed E-state index contributed by atoms with van der Waals surface area (Å²) in [7, 11) is 0. The Morgan fingerprint density at radius 1 is 1.36 bits per heavy atom. The minimum atomic E-state index is -0.144. The molecule has 0 radical (unpaired) electrons. The number of nitrogens with zero attached hydrogens (tertiary/aromatic N) is 2. The van der Waals surface area contributed by atoms with E-state index in [0.29, 0.717) is 17.1 Å². The van der Waals surface area contributed by atoms with Crippen molar-refractivity contribution < 1.29 is 0 Å². The smallest absolute Gasteiger partial charge is 0.254 e. The van der Waals surface area contributed by atoms with Crippen molar-refractivity contribution in [1.29, 1.82) is 0 Å². The van der Waals surface area contributed by atoms with Gasteiger partial charge in [-0.15, -0.1) is 0 Å². The predicted molar refractivity (Wildman–Crippen MR) is 88.2 cm³/mol. The molecule has 3 rings (SSSR count). The fourth-order valence-corrected chi connectivity index (χ4v) is 2.77. The highest BCUT2D eigenvalue weighted by atomic mass is 35.5. The zero-order valence-corrected chi connectivity index (χ0v) is 13.0. The van der Waals surface area contributed by atoms with Crippen LogP contribution in [0.4, 0.5) is 0 Å². The Balaban J connectivity index is 1.71. The first kappa shape index (κ1) is 14.8. The minimum absolute atomic E-state index is 0.144. The number of rotatable bonds is 5. The number of imidazole rings is 1. The molecule has 114 valence electrons. The lowest BCUT2D eigenvalue weighted by Gasteiger charge is -2.09. The van der Waals surface area contributed by atoms with Crippen LogP contribution in [0.1, 0.15) is 11.4 Å². The third-order valence-corrected chi connectivity index (χ3v) is 4.14. The number of H-pyrrole nitrogens is 1. The fourth-order valence-electron chi connectivity index (χ4n) is 2.45. The Morgan fingerprint density at radius 3 is 2.95 bits per heavy atom. The van der Waals surface area contributed by atoms with Gasteiger partial charge in [-0.3, -0.25) is 4.79 Å². The van der Waals surface area contributed by atoms with Gasteiger partial charge in [-0.25, -0.2) is 4.98 Å². The van der Waals surface area contributed by atoms with Gasteiger partial charge in [-0.1, -0.05) is 29.8 Å². The molecular formula is C16H17ClN4O. The molecule has 0 aliphatic rings. The summed E-state index contributed by atoms with van der Waals surface area (Å²) < 4.78 is 2.05. The Morgan fingerprint density at radius 2 is 2.18 bits per heavy atom. The quantitative estimate of drug-likeness (QED) is 0.711. The van der Waals surface area contributed by atoms with Gasteiger partial charge in [0, 0.05) is 42.9 Å². The maximum absolute atomic E-state index is 12.1. The lowest BCUT2D eigenvalue weighted by molar-refractivity contribution is 0.586. The molecule has 0 spiro atoms. The van der Waals surface area contributed by atoms with Gasteiger partial charge in [0.1, 0.15) is 5.82 Å². The number of halogens is 1. The maximum atomic E-state index is 12.1. The Hall–Kier alpha value is -2.11. The minimum Gasteiger partial charge on any atom is -0.334 e. The molecule has 3 aromatic rings. The van der Waals surface area contributed by atoms with Gasteiger partial charge < -0.3 is 14.9 Å². The van der Waals surface area contributed by atoms with Crippen molar-refractivity contribution in [2.24, 2.45) is 0 Å². The van der Waals surface area contributed by atoms with Crippen LogP contribution in [0.3, 0.4) is 0 Å². The number of hydrogen-bond acceptors (Lipinski definition) is 3. The monoisotopic (exact) mass is 316 g/mol. The molecule has 0 bridgehead atoms. The third kappa shape index (κ3) is 2.91. The molecule has 22 heavy (non-hydrogen) atoms. The molecule has 2 heterocycles. The van der Waals surface area contributed by atoms with Crippen LogP contribution >= 0.6 is 11.6 Å². The first-order valence-corrected chi connectivity index (χ1v) is 7.52. The van der Waals surface area contributed by atoms with E-state index in [0.717, 1.165) is 29.8 Å². The van der Waals surface area contributed by atoms with Crippen molar-refractivity contribution in [3.63, 3.8) is 0 Å². The van der Waals surface area contributed by atoms with E-state index in [9.17, 15) is 4.79 Å². The largest absolute Gasteiger partial charge is 0.334 e. The van der Waals surface area contributed by atoms with Crippen LogP contribution in [0.25, 0.3) is 10.9 Å².